The van der Waals surface area contributed by atoms with Crippen molar-refractivity contribution in [1.82, 2.24) is 4.98 Å². The molecule has 2 aromatic rings. The van der Waals surface area contributed by atoms with Crippen LogP contribution in [0.4, 0.5) is 0 Å². The lowest BCUT2D eigenvalue weighted by Crippen LogP contribution is -2.05. The van der Waals surface area contributed by atoms with E-state index in [0.717, 1.165) is 21.9 Å². The predicted molar refractivity (Wildman–Crippen MR) is 74.5 cm³/mol. The Bertz CT molecular complexity index is 490. The summed E-state index contributed by atoms with van der Waals surface area (Å²) in [6.45, 7) is 0.599. The van der Waals surface area contributed by atoms with Crippen LogP contribution < -0.4 is 5.73 Å². The van der Waals surface area contributed by atoms with Gasteiger partial charge in [0.2, 0.25) is 0 Å². The van der Waals surface area contributed by atoms with Crippen LogP contribution in [0, 0.1) is 0 Å². The first-order valence-electron chi connectivity index (χ1n) is 5.83. The molecule has 0 amide bonds. The maximum Gasteiger partial charge on any atom is 0.107 e. The number of nitrogens with two attached hydrogens (primary N) is 1. The second kappa shape index (κ2) is 6.54. The number of hydrogen-bond donors (Lipinski definition) is 2. The summed E-state index contributed by atoms with van der Waals surface area (Å²) in [6.07, 6.45) is 1.10. The smallest absolute Gasteiger partial charge is 0.107 e. The Morgan fingerprint density at radius 3 is 2.67 bits per heavy atom. The van der Waals surface area contributed by atoms with Gasteiger partial charge in [-0.1, -0.05) is 36.4 Å². The molecule has 94 valence electrons. The van der Waals surface area contributed by atoms with Gasteiger partial charge < -0.3 is 10.8 Å². The summed E-state index contributed by atoms with van der Waals surface area (Å²) in [5.74, 6) is 0.797. The fourth-order valence-electron chi connectivity index (χ4n) is 1.70. The lowest BCUT2D eigenvalue weighted by Gasteiger charge is -2.14. The number of thioether (sulfide) groups is 1. The molecule has 0 fully saturated rings. The molecule has 4 heteroatoms. The van der Waals surface area contributed by atoms with E-state index in [1.54, 1.807) is 18.0 Å². The number of pyridine rings is 1. The van der Waals surface area contributed by atoms with E-state index in [2.05, 4.69) is 4.98 Å². The van der Waals surface area contributed by atoms with E-state index in [4.69, 9.17) is 5.73 Å². The number of nitrogens with zero attached hydrogens (tertiary/aromatic N) is 1. The van der Waals surface area contributed by atoms with Crippen molar-refractivity contribution in [2.75, 3.05) is 12.3 Å². The highest BCUT2D eigenvalue weighted by molar-refractivity contribution is 7.99. The third-order valence-electron chi connectivity index (χ3n) is 2.57. The van der Waals surface area contributed by atoms with Gasteiger partial charge in [-0.15, -0.1) is 11.8 Å². The number of hydrogen-bond acceptors (Lipinski definition) is 4. The lowest BCUT2D eigenvalue weighted by molar-refractivity contribution is 0.216. The predicted octanol–water partition coefficient (Wildman–Crippen LogP) is 2.21. The van der Waals surface area contributed by atoms with Crippen LogP contribution in [0.25, 0.3) is 0 Å². The standard InChI is InChI=1S/C14H16N2OS/c15-8-10-18-14-12(7-4-9-16-14)13(17)11-5-2-1-3-6-11/h1-7,9,13,17H,8,10,15H2. The molecule has 2 rings (SSSR count). The van der Waals surface area contributed by atoms with Crippen LogP contribution in [-0.2, 0) is 0 Å². The number of aromatic nitrogens is 1. The van der Waals surface area contributed by atoms with Gasteiger partial charge in [-0.25, -0.2) is 4.98 Å². The number of rotatable bonds is 5. The van der Waals surface area contributed by atoms with Crippen molar-refractivity contribution >= 4 is 11.8 Å². The lowest BCUT2D eigenvalue weighted by atomic mass is 10.0. The van der Waals surface area contributed by atoms with Crippen molar-refractivity contribution in [3.63, 3.8) is 0 Å². The van der Waals surface area contributed by atoms with E-state index in [0.29, 0.717) is 6.54 Å². The quantitative estimate of drug-likeness (QED) is 0.809. The molecule has 1 heterocycles. The summed E-state index contributed by atoms with van der Waals surface area (Å²) in [7, 11) is 0. The molecule has 0 aliphatic heterocycles. The average Bonchev–Trinajstić information content (AvgIpc) is 2.45. The molecule has 0 bridgehead atoms. The highest BCUT2D eigenvalue weighted by Gasteiger charge is 2.14. The molecule has 3 N–H and O–H groups in total. The zero-order valence-electron chi connectivity index (χ0n) is 9.99. The SMILES string of the molecule is NCCSc1ncccc1C(O)c1ccccc1. The van der Waals surface area contributed by atoms with Crippen molar-refractivity contribution in [1.29, 1.82) is 0 Å². The average molecular weight is 260 g/mol. The first-order chi connectivity index (χ1) is 8.83. The molecule has 1 unspecified atom stereocenters. The zero-order valence-corrected chi connectivity index (χ0v) is 10.8. The van der Waals surface area contributed by atoms with E-state index >= 15 is 0 Å². The van der Waals surface area contributed by atoms with Crippen LogP contribution in [0.1, 0.15) is 17.2 Å². The van der Waals surface area contributed by atoms with Gasteiger partial charge in [-0.05, 0) is 11.6 Å². The maximum absolute atomic E-state index is 10.4. The summed E-state index contributed by atoms with van der Waals surface area (Å²) < 4.78 is 0. The Kier molecular flexibility index (Phi) is 4.75. The van der Waals surface area contributed by atoms with Crippen LogP contribution in [-0.4, -0.2) is 22.4 Å². The Labute approximate surface area is 111 Å². The van der Waals surface area contributed by atoms with Gasteiger partial charge in [-0.2, -0.15) is 0 Å². The number of benzene rings is 1. The van der Waals surface area contributed by atoms with E-state index < -0.39 is 6.10 Å². The van der Waals surface area contributed by atoms with E-state index in [1.807, 2.05) is 42.5 Å². The summed E-state index contributed by atoms with van der Waals surface area (Å²) in [5, 5.41) is 11.2. The van der Waals surface area contributed by atoms with Gasteiger partial charge in [0.15, 0.2) is 0 Å². The van der Waals surface area contributed by atoms with E-state index in [-0.39, 0.29) is 0 Å². The first-order valence-corrected chi connectivity index (χ1v) is 6.82. The molecule has 0 aliphatic rings. The van der Waals surface area contributed by atoms with Crippen LogP contribution in [0.2, 0.25) is 0 Å². The third kappa shape index (κ3) is 3.10. The zero-order chi connectivity index (χ0) is 12.8. The van der Waals surface area contributed by atoms with Crippen LogP contribution >= 0.6 is 11.8 Å². The molecular weight excluding hydrogens is 244 g/mol. The fourth-order valence-corrected chi connectivity index (χ4v) is 2.50. The Morgan fingerprint density at radius 1 is 1.17 bits per heavy atom. The molecule has 1 atom stereocenters. The molecule has 0 saturated heterocycles. The largest absolute Gasteiger partial charge is 0.384 e. The second-order valence-electron chi connectivity index (χ2n) is 3.85. The van der Waals surface area contributed by atoms with Crippen molar-refractivity contribution in [3.8, 4) is 0 Å². The van der Waals surface area contributed by atoms with Crippen molar-refractivity contribution < 1.29 is 5.11 Å². The van der Waals surface area contributed by atoms with Gasteiger partial charge in [0.1, 0.15) is 11.1 Å². The van der Waals surface area contributed by atoms with Gasteiger partial charge >= 0.3 is 0 Å². The van der Waals surface area contributed by atoms with Crippen LogP contribution in [0.3, 0.4) is 0 Å². The Morgan fingerprint density at radius 2 is 1.94 bits per heavy atom. The van der Waals surface area contributed by atoms with Gasteiger partial charge in [0, 0.05) is 24.1 Å². The normalized spacial score (nSPS) is 12.3. The van der Waals surface area contributed by atoms with Gasteiger partial charge in [0.05, 0.1) is 0 Å². The van der Waals surface area contributed by atoms with Crippen LogP contribution in [0.5, 0.6) is 0 Å². The van der Waals surface area contributed by atoms with Crippen LogP contribution in [0.15, 0.2) is 53.7 Å². The van der Waals surface area contributed by atoms with Crippen molar-refractivity contribution in [2.24, 2.45) is 5.73 Å². The van der Waals surface area contributed by atoms with Gasteiger partial charge in [-0.3, -0.25) is 0 Å². The first kappa shape index (κ1) is 13.1. The molecule has 0 aliphatic carbocycles. The summed E-state index contributed by atoms with van der Waals surface area (Å²) in [4.78, 5) is 4.31. The molecular formula is C14H16N2OS. The molecule has 1 aromatic heterocycles. The monoisotopic (exact) mass is 260 g/mol. The molecule has 3 nitrogen and oxygen atoms in total. The Hall–Kier alpha value is -1.36. The van der Waals surface area contributed by atoms with Crippen molar-refractivity contribution in [2.45, 2.75) is 11.1 Å². The summed E-state index contributed by atoms with van der Waals surface area (Å²) in [5.41, 5.74) is 7.21. The fraction of sp³-hybridized carbons (Fsp3) is 0.214. The van der Waals surface area contributed by atoms with E-state index in [1.165, 1.54) is 0 Å². The minimum Gasteiger partial charge on any atom is -0.384 e. The molecule has 1 aromatic carbocycles. The number of aliphatic hydroxyl groups is 1. The van der Waals surface area contributed by atoms with E-state index in [9.17, 15) is 5.11 Å². The molecule has 0 radical (unpaired) electrons. The third-order valence-corrected chi connectivity index (χ3v) is 3.62. The molecule has 18 heavy (non-hydrogen) atoms. The minimum atomic E-state index is -0.639. The molecule has 0 saturated carbocycles. The second-order valence-corrected chi connectivity index (χ2v) is 4.93. The van der Waals surface area contributed by atoms with Gasteiger partial charge in [0.25, 0.3) is 0 Å². The maximum atomic E-state index is 10.4. The highest BCUT2D eigenvalue weighted by Crippen LogP contribution is 2.29. The highest BCUT2D eigenvalue weighted by atomic mass is 32.2. The summed E-state index contributed by atoms with van der Waals surface area (Å²) in [6, 6.07) is 13.3. The summed E-state index contributed by atoms with van der Waals surface area (Å²) >= 11 is 1.57. The Balaban J connectivity index is 2.27. The minimum absolute atomic E-state index is 0.599. The molecule has 0 spiro atoms. The number of aliphatic hydroxyl groups excluding tert-OH is 1. The topological polar surface area (TPSA) is 59.1 Å². The van der Waals surface area contributed by atoms with Crippen molar-refractivity contribution in [3.05, 3.63) is 59.8 Å².